The average molecular weight is 254 g/mol. The van der Waals surface area contributed by atoms with Gasteiger partial charge < -0.3 is 15.7 Å². The highest BCUT2D eigenvalue weighted by Crippen LogP contribution is 2.27. The van der Waals surface area contributed by atoms with E-state index in [0.717, 1.165) is 0 Å². The molecule has 0 fully saturated rings. The van der Waals surface area contributed by atoms with Crippen molar-refractivity contribution in [2.75, 3.05) is 10.6 Å². The molecule has 5 nitrogen and oxygen atoms in total. The van der Waals surface area contributed by atoms with Gasteiger partial charge in [-0.15, -0.1) is 0 Å². The van der Waals surface area contributed by atoms with E-state index in [1.165, 1.54) is 0 Å². The number of rotatable bonds is 3. The third kappa shape index (κ3) is 2.81. The Morgan fingerprint density at radius 1 is 1.37 bits per heavy atom. The van der Waals surface area contributed by atoms with E-state index >= 15 is 0 Å². The highest BCUT2D eigenvalue weighted by molar-refractivity contribution is 5.64. The number of benzene rings is 1. The van der Waals surface area contributed by atoms with Crippen LogP contribution in [0.2, 0.25) is 0 Å². The number of nitrogens with zero attached hydrogens (tertiary/aromatic N) is 3. The lowest BCUT2D eigenvalue weighted by molar-refractivity contribution is 0.200. The normalized spacial score (nSPS) is 11.6. The lowest BCUT2D eigenvalue weighted by Gasteiger charge is -2.27. The van der Waals surface area contributed by atoms with Crippen LogP contribution >= 0.6 is 0 Å². The number of pyridine rings is 1. The summed E-state index contributed by atoms with van der Waals surface area (Å²) in [6.45, 7) is 1.63. The highest BCUT2D eigenvalue weighted by Gasteiger charge is 2.16. The second-order valence-corrected chi connectivity index (χ2v) is 4.11. The molecule has 0 amide bonds. The number of hydrogen-bond donors (Lipinski definition) is 2. The topological polar surface area (TPSA) is 86.2 Å². The Hall–Kier alpha value is -2.58. The van der Waals surface area contributed by atoms with E-state index in [0.29, 0.717) is 22.8 Å². The molecule has 1 heterocycles. The number of aliphatic hydroxyl groups excluding tert-OH is 1. The van der Waals surface area contributed by atoms with Crippen molar-refractivity contribution in [3.05, 3.63) is 48.2 Å². The fraction of sp³-hybridized carbons (Fsp3) is 0.143. The molecule has 1 aromatic heterocycles. The van der Waals surface area contributed by atoms with Crippen LogP contribution in [0.5, 0.6) is 0 Å². The molecule has 0 aliphatic heterocycles. The highest BCUT2D eigenvalue weighted by atomic mass is 16.3. The van der Waals surface area contributed by atoms with Crippen molar-refractivity contribution in [2.24, 2.45) is 0 Å². The molecule has 19 heavy (non-hydrogen) atoms. The Kier molecular flexibility index (Phi) is 3.64. The van der Waals surface area contributed by atoms with Gasteiger partial charge in [-0.05, 0) is 31.2 Å². The number of anilines is 3. The molecular weight excluding hydrogens is 240 g/mol. The van der Waals surface area contributed by atoms with Crippen LogP contribution in [-0.4, -0.2) is 16.3 Å². The number of hydrogen-bond acceptors (Lipinski definition) is 5. The number of nitrogen functional groups attached to an aromatic ring is 1. The van der Waals surface area contributed by atoms with Gasteiger partial charge in [0.25, 0.3) is 0 Å². The molecule has 1 aromatic carbocycles. The quantitative estimate of drug-likeness (QED) is 0.818. The summed E-state index contributed by atoms with van der Waals surface area (Å²) in [5.41, 5.74) is 7.50. The summed E-state index contributed by atoms with van der Waals surface area (Å²) in [5, 5.41) is 18.9. The predicted molar refractivity (Wildman–Crippen MR) is 73.6 cm³/mol. The Bertz CT molecular complexity index is 619. The van der Waals surface area contributed by atoms with Crippen molar-refractivity contribution in [1.29, 1.82) is 5.26 Å². The van der Waals surface area contributed by atoms with Crippen LogP contribution in [0.25, 0.3) is 0 Å². The van der Waals surface area contributed by atoms with Crippen molar-refractivity contribution >= 4 is 17.2 Å². The van der Waals surface area contributed by atoms with Gasteiger partial charge >= 0.3 is 0 Å². The van der Waals surface area contributed by atoms with E-state index in [4.69, 9.17) is 11.0 Å². The summed E-state index contributed by atoms with van der Waals surface area (Å²) in [6, 6.07) is 12.4. The number of aliphatic hydroxyl groups is 1. The van der Waals surface area contributed by atoms with Crippen molar-refractivity contribution in [3.8, 4) is 6.07 Å². The molecule has 0 aliphatic rings. The Morgan fingerprint density at radius 3 is 2.79 bits per heavy atom. The molecule has 0 spiro atoms. The maximum absolute atomic E-state index is 9.94. The third-order valence-corrected chi connectivity index (χ3v) is 2.64. The van der Waals surface area contributed by atoms with Gasteiger partial charge in [-0.3, -0.25) is 0 Å². The summed E-state index contributed by atoms with van der Waals surface area (Å²) in [7, 11) is 0. The van der Waals surface area contributed by atoms with Crippen molar-refractivity contribution in [1.82, 2.24) is 4.98 Å². The van der Waals surface area contributed by atoms with Gasteiger partial charge in [-0.25, -0.2) is 4.98 Å². The standard InChI is InChI=1S/C14H14N4O/c1-10(19)18(14-8-12(16)5-6-17-14)13-4-2-3-11(7-13)9-15/h2-8,10,19H,1H3,(H2,16,17). The van der Waals surface area contributed by atoms with Gasteiger partial charge in [0.1, 0.15) is 12.0 Å². The fourth-order valence-corrected chi connectivity index (χ4v) is 1.83. The molecule has 1 atom stereocenters. The largest absolute Gasteiger partial charge is 0.399 e. The maximum Gasteiger partial charge on any atom is 0.137 e. The van der Waals surface area contributed by atoms with Crippen LogP contribution in [-0.2, 0) is 0 Å². The molecular formula is C14H14N4O. The van der Waals surface area contributed by atoms with E-state index in [2.05, 4.69) is 11.1 Å². The molecule has 2 rings (SSSR count). The van der Waals surface area contributed by atoms with Gasteiger partial charge in [-0.2, -0.15) is 5.26 Å². The Labute approximate surface area is 111 Å². The number of aromatic nitrogens is 1. The van der Waals surface area contributed by atoms with Crippen LogP contribution in [0.4, 0.5) is 17.2 Å². The fourth-order valence-electron chi connectivity index (χ4n) is 1.83. The van der Waals surface area contributed by atoms with E-state index in [1.807, 2.05) is 0 Å². The summed E-state index contributed by atoms with van der Waals surface area (Å²) in [6.07, 6.45) is 0.789. The minimum Gasteiger partial charge on any atom is -0.399 e. The number of nitrogens with two attached hydrogens (primary N) is 1. The van der Waals surface area contributed by atoms with Crippen LogP contribution in [0.15, 0.2) is 42.6 Å². The number of nitriles is 1. The van der Waals surface area contributed by atoms with Gasteiger partial charge in [0.05, 0.1) is 11.6 Å². The summed E-state index contributed by atoms with van der Waals surface area (Å²) >= 11 is 0. The van der Waals surface area contributed by atoms with Crippen LogP contribution in [0, 0.1) is 11.3 Å². The van der Waals surface area contributed by atoms with E-state index in [1.54, 1.807) is 54.4 Å². The maximum atomic E-state index is 9.94. The SMILES string of the molecule is CC(O)N(c1cccc(C#N)c1)c1cc(N)ccn1. The van der Waals surface area contributed by atoms with E-state index in [-0.39, 0.29) is 0 Å². The van der Waals surface area contributed by atoms with Crippen LogP contribution < -0.4 is 10.6 Å². The minimum atomic E-state index is -0.789. The van der Waals surface area contributed by atoms with Crippen molar-refractivity contribution in [3.63, 3.8) is 0 Å². The average Bonchev–Trinajstić information content (AvgIpc) is 2.39. The van der Waals surface area contributed by atoms with Crippen LogP contribution in [0.3, 0.4) is 0 Å². The van der Waals surface area contributed by atoms with Crippen molar-refractivity contribution < 1.29 is 5.11 Å². The minimum absolute atomic E-state index is 0.520. The molecule has 1 unspecified atom stereocenters. The first-order valence-electron chi connectivity index (χ1n) is 5.81. The van der Waals surface area contributed by atoms with Gasteiger partial charge in [-0.1, -0.05) is 6.07 Å². The van der Waals surface area contributed by atoms with E-state index in [9.17, 15) is 5.11 Å². The first-order chi connectivity index (χ1) is 9.11. The molecule has 5 heteroatoms. The van der Waals surface area contributed by atoms with Gasteiger partial charge in [0.2, 0.25) is 0 Å². The van der Waals surface area contributed by atoms with Crippen LogP contribution in [0.1, 0.15) is 12.5 Å². The monoisotopic (exact) mass is 254 g/mol. The smallest absolute Gasteiger partial charge is 0.137 e. The Morgan fingerprint density at radius 2 is 2.16 bits per heavy atom. The Balaban J connectivity index is 2.49. The summed E-state index contributed by atoms with van der Waals surface area (Å²) in [5.74, 6) is 0.532. The first-order valence-corrected chi connectivity index (χ1v) is 5.81. The zero-order valence-corrected chi connectivity index (χ0v) is 10.5. The zero-order valence-electron chi connectivity index (χ0n) is 10.5. The molecule has 3 N–H and O–H groups in total. The lowest BCUT2D eigenvalue weighted by Crippen LogP contribution is -2.28. The van der Waals surface area contributed by atoms with Gasteiger partial charge in [0, 0.05) is 23.6 Å². The molecule has 96 valence electrons. The first kappa shape index (κ1) is 12.9. The second-order valence-electron chi connectivity index (χ2n) is 4.11. The van der Waals surface area contributed by atoms with Gasteiger partial charge in [0.15, 0.2) is 0 Å². The molecule has 2 aromatic rings. The third-order valence-electron chi connectivity index (χ3n) is 2.64. The summed E-state index contributed by atoms with van der Waals surface area (Å²) < 4.78 is 0. The summed E-state index contributed by atoms with van der Waals surface area (Å²) in [4.78, 5) is 5.80. The molecule has 0 saturated heterocycles. The van der Waals surface area contributed by atoms with Crippen molar-refractivity contribution in [2.45, 2.75) is 13.2 Å². The lowest BCUT2D eigenvalue weighted by atomic mass is 10.2. The molecule has 0 bridgehead atoms. The molecule has 0 aliphatic carbocycles. The molecule has 0 saturated carbocycles. The van der Waals surface area contributed by atoms with E-state index < -0.39 is 6.23 Å². The second kappa shape index (κ2) is 5.38. The predicted octanol–water partition coefficient (Wildman–Crippen LogP) is 2.01. The zero-order chi connectivity index (χ0) is 13.8. The molecule has 0 radical (unpaired) electrons.